The van der Waals surface area contributed by atoms with E-state index in [1.54, 1.807) is 24.3 Å². The Hall–Kier alpha value is -1.80. The molecule has 0 radical (unpaired) electrons. The summed E-state index contributed by atoms with van der Waals surface area (Å²) in [5.74, 6) is 0.731. The summed E-state index contributed by atoms with van der Waals surface area (Å²) in [6, 6.07) is 14.9. The smallest absolute Gasteiger partial charge is 0.231 e. The molecule has 0 N–H and O–H groups in total. The Morgan fingerprint density at radius 1 is 1.24 bits per heavy atom. The van der Waals surface area contributed by atoms with E-state index in [2.05, 4.69) is 4.90 Å². The number of nitrogens with zero attached hydrogens (tertiary/aromatic N) is 2. The number of halogens is 1. The quantitative estimate of drug-likeness (QED) is 0.589. The first-order valence-corrected chi connectivity index (χ1v) is 11.8. The number of hydrogen-bond acceptors (Lipinski definition) is 5. The van der Waals surface area contributed by atoms with Crippen LogP contribution in [-0.4, -0.2) is 59.5 Å². The van der Waals surface area contributed by atoms with Gasteiger partial charge in [-0.25, -0.2) is 8.42 Å². The van der Waals surface area contributed by atoms with Crippen molar-refractivity contribution < 1.29 is 17.9 Å². The second-order valence-electron chi connectivity index (χ2n) is 7.14. The van der Waals surface area contributed by atoms with Gasteiger partial charge in [-0.15, -0.1) is 0 Å². The van der Waals surface area contributed by atoms with Crippen molar-refractivity contribution in [2.45, 2.75) is 12.5 Å². The summed E-state index contributed by atoms with van der Waals surface area (Å²) in [6.45, 7) is 3.97. The normalized spacial score (nSPS) is 17.8. The van der Waals surface area contributed by atoms with Crippen molar-refractivity contribution in [3.05, 3.63) is 59.1 Å². The van der Waals surface area contributed by atoms with E-state index in [9.17, 15) is 8.42 Å². The van der Waals surface area contributed by atoms with Gasteiger partial charge >= 0.3 is 0 Å². The van der Waals surface area contributed by atoms with Crippen LogP contribution < -0.4 is 9.04 Å². The summed E-state index contributed by atoms with van der Waals surface area (Å²) in [4.78, 5) is 2.38. The molecule has 0 amide bonds. The summed E-state index contributed by atoms with van der Waals surface area (Å²) in [7, 11) is -1.73. The third kappa shape index (κ3) is 6.34. The zero-order chi connectivity index (χ0) is 20.9. The van der Waals surface area contributed by atoms with Crippen molar-refractivity contribution in [3.63, 3.8) is 0 Å². The molecule has 29 heavy (non-hydrogen) atoms. The van der Waals surface area contributed by atoms with E-state index in [1.165, 1.54) is 17.6 Å². The van der Waals surface area contributed by atoms with Crippen LogP contribution in [0.15, 0.2) is 48.5 Å². The van der Waals surface area contributed by atoms with Gasteiger partial charge < -0.3 is 9.47 Å². The zero-order valence-electron chi connectivity index (χ0n) is 16.8. The van der Waals surface area contributed by atoms with Gasteiger partial charge in [0.2, 0.25) is 10.0 Å². The lowest BCUT2D eigenvalue weighted by molar-refractivity contribution is -0.0310. The molecule has 1 unspecified atom stereocenters. The average molecular weight is 439 g/mol. The molecule has 3 rings (SSSR count). The topological polar surface area (TPSA) is 59.1 Å². The number of rotatable bonds is 8. The Bertz CT molecular complexity index is 905. The molecule has 0 spiro atoms. The van der Waals surface area contributed by atoms with Crippen LogP contribution in [0.25, 0.3) is 0 Å². The Morgan fingerprint density at radius 2 is 2.00 bits per heavy atom. The van der Waals surface area contributed by atoms with Gasteiger partial charge in [0, 0.05) is 31.7 Å². The molecular formula is C21H27ClN2O4S. The van der Waals surface area contributed by atoms with E-state index in [0.717, 1.165) is 42.4 Å². The first-order chi connectivity index (χ1) is 13.8. The van der Waals surface area contributed by atoms with Crippen molar-refractivity contribution in [3.8, 4) is 5.75 Å². The molecule has 2 aromatic rings. The van der Waals surface area contributed by atoms with Crippen LogP contribution in [0.5, 0.6) is 5.75 Å². The Morgan fingerprint density at radius 3 is 2.69 bits per heavy atom. The van der Waals surface area contributed by atoms with Crippen LogP contribution in [0, 0.1) is 0 Å². The molecule has 158 valence electrons. The highest BCUT2D eigenvalue weighted by atomic mass is 35.5. The third-order valence-electron chi connectivity index (χ3n) is 4.96. The van der Waals surface area contributed by atoms with Crippen molar-refractivity contribution in [2.24, 2.45) is 0 Å². The first kappa shape index (κ1) is 21.9. The molecule has 1 heterocycles. The zero-order valence-corrected chi connectivity index (χ0v) is 18.3. The molecule has 1 aliphatic rings. The van der Waals surface area contributed by atoms with Gasteiger partial charge in [0.25, 0.3) is 0 Å². The molecule has 8 heteroatoms. The van der Waals surface area contributed by atoms with Crippen LogP contribution >= 0.6 is 11.6 Å². The minimum atomic E-state index is -3.26. The number of ether oxygens (including phenoxy) is 2. The minimum absolute atomic E-state index is 0.0442. The molecule has 6 nitrogen and oxygen atoms in total. The lowest BCUT2D eigenvalue weighted by Crippen LogP contribution is -2.39. The summed E-state index contributed by atoms with van der Waals surface area (Å²) in [5, 5.41) is 0.727. The number of sulfonamides is 1. The summed E-state index contributed by atoms with van der Waals surface area (Å²) in [6.07, 6.45) is 2.12. The van der Waals surface area contributed by atoms with E-state index in [0.29, 0.717) is 18.9 Å². The molecule has 1 aliphatic heterocycles. The van der Waals surface area contributed by atoms with Crippen molar-refractivity contribution >= 4 is 27.3 Å². The maximum atomic E-state index is 11.6. The lowest BCUT2D eigenvalue weighted by atomic mass is 10.1. The fourth-order valence-electron chi connectivity index (χ4n) is 3.24. The molecule has 1 saturated heterocycles. The van der Waals surface area contributed by atoms with E-state index >= 15 is 0 Å². The SMILES string of the molecule is CN(c1ccc(OCCCN2CCOC(c3cccc(Cl)c3)C2)cc1)S(C)(=O)=O. The van der Waals surface area contributed by atoms with E-state index in [1.807, 2.05) is 24.3 Å². The molecule has 0 aromatic heterocycles. The minimum Gasteiger partial charge on any atom is -0.494 e. The molecule has 1 fully saturated rings. The number of benzene rings is 2. The van der Waals surface area contributed by atoms with Crippen LogP contribution in [0.2, 0.25) is 5.02 Å². The number of hydrogen-bond donors (Lipinski definition) is 0. The third-order valence-corrected chi connectivity index (χ3v) is 6.40. The first-order valence-electron chi connectivity index (χ1n) is 9.59. The van der Waals surface area contributed by atoms with Crippen LogP contribution in [0.4, 0.5) is 5.69 Å². The van der Waals surface area contributed by atoms with E-state index in [-0.39, 0.29) is 6.10 Å². The van der Waals surface area contributed by atoms with Crippen LogP contribution in [-0.2, 0) is 14.8 Å². The van der Waals surface area contributed by atoms with Crippen molar-refractivity contribution in [1.82, 2.24) is 4.90 Å². The van der Waals surface area contributed by atoms with Crippen LogP contribution in [0.3, 0.4) is 0 Å². The summed E-state index contributed by atoms with van der Waals surface area (Å²) < 4.78 is 36.1. The number of anilines is 1. The predicted molar refractivity (Wildman–Crippen MR) is 116 cm³/mol. The van der Waals surface area contributed by atoms with Crippen molar-refractivity contribution in [2.75, 3.05) is 50.5 Å². The summed E-state index contributed by atoms with van der Waals surface area (Å²) >= 11 is 6.09. The van der Waals surface area contributed by atoms with Gasteiger partial charge in [-0.05, 0) is 48.4 Å². The standard InChI is InChI=1S/C21H27ClN2O4S/c1-23(29(2,25)26)19-7-9-20(10-8-19)27-13-4-11-24-12-14-28-21(16-24)17-5-3-6-18(22)15-17/h3,5-10,15,21H,4,11-14,16H2,1-2H3. The summed E-state index contributed by atoms with van der Waals surface area (Å²) in [5.41, 5.74) is 1.72. The lowest BCUT2D eigenvalue weighted by Gasteiger charge is -2.33. The highest BCUT2D eigenvalue weighted by Crippen LogP contribution is 2.25. The van der Waals surface area contributed by atoms with Gasteiger partial charge in [-0.2, -0.15) is 0 Å². The van der Waals surface area contributed by atoms with Crippen molar-refractivity contribution in [1.29, 1.82) is 0 Å². The monoisotopic (exact) mass is 438 g/mol. The molecule has 0 bridgehead atoms. The molecule has 2 aromatic carbocycles. The largest absolute Gasteiger partial charge is 0.494 e. The fraction of sp³-hybridized carbons (Fsp3) is 0.429. The fourth-order valence-corrected chi connectivity index (χ4v) is 3.94. The highest BCUT2D eigenvalue weighted by Gasteiger charge is 2.21. The van der Waals surface area contributed by atoms with E-state index < -0.39 is 10.0 Å². The number of morpholine rings is 1. The van der Waals surface area contributed by atoms with Gasteiger partial charge in [-0.1, -0.05) is 23.7 Å². The Balaban J connectivity index is 1.43. The molecule has 1 atom stereocenters. The van der Waals surface area contributed by atoms with Crippen LogP contribution in [0.1, 0.15) is 18.1 Å². The molecular weight excluding hydrogens is 412 g/mol. The Kier molecular flexibility index (Phi) is 7.40. The van der Waals surface area contributed by atoms with Gasteiger partial charge in [0.15, 0.2) is 0 Å². The van der Waals surface area contributed by atoms with Gasteiger partial charge in [-0.3, -0.25) is 9.21 Å². The molecule has 0 saturated carbocycles. The second kappa shape index (κ2) is 9.80. The average Bonchev–Trinajstić information content (AvgIpc) is 2.71. The van der Waals surface area contributed by atoms with Gasteiger partial charge in [0.1, 0.15) is 5.75 Å². The maximum Gasteiger partial charge on any atom is 0.231 e. The predicted octanol–water partition coefficient (Wildman–Crippen LogP) is 3.58. The Labute approximate surface area is 178 Å². The van der Waals surface area contributed by atoms with Gasteiger partial charge in [0.05, 0.1) is 31.3 Å². The van der Waals surface area contributed by atoms with E-state index in [4.69, 9.17) is 21.1 Å². The second-order valence-corrected chi connectivity index (χ2v) is 9.59. The molecule has 0 aliphatic carbocycles. The highest BCUT2D eigenvalue weighted by molar-refractivity contribution is 7.92. The maximum absolute atomic E-state index is 11.6.